The largest absolute Gasteiger partial charge is 0.372 e. The quantitative estimate of drug-likeness (QED) is 0.414. The zero-order valence-corrected chi connectivity index (χ0v) is 22.1. The summed E-state index contributed by atoms with van der Waals surface area (Å²) in [6.07, 6.45) is 6.37. The number of anilines is 2. The lowest BCUT2D eigenvalue weighted by Gasteiger charge is -2.23. The van der Waals surface area contributed by atoms with Crippen LogP contribution in [0.1, 0.15) is 49.9 Å². The van der Waals surface area contributed by atoms with Gasteiger partial charge in [-0.3, -0.25) is 0 Å². The van der Waals surface area contributed by atoms with Gasteiger partial charge >= 0.3 is 0 Å². The van der Waals surface area contributed by atoms with E-state index < -0.39 is 0 Å². The van der Waals surface area contributed by atoms with Crippen LogP contribution in [0, 0.1) is 0 Å². The normalized spacial score (nSPS) is 14.9. The highest BCUT2D eigenvalue weighted by molar-refractivity contribution is 6.17. The highest BCUT2D eigenvalue weighted by Gasteiger charge is 2.22. The number of hydrogen-bond donors (Lipinski definition) is 1. The van der Waals surface area contributed by atoms with Crippen molar-refractivity contribution >= 4 is 28.2 Å². The van der Waals surface area contributed by atoms with Gasteiger partial charge in [0.25, 0.3) is 0 Å². The minimum absolute atomic E-state index is 0.892. The maximum absolute atomic E-state index is 3.97. The van der Waals surface area contributed by atoms with Crippen molar-refractivity contribution in [2.24, 2.45) is 0 Å². The molecule has 3 heteroatoms. The fraction of sp³-hybridized carbons (Fsp3) is 0.242. The molecule has 0 bridgehead atoms. The number of benzene rings is 3. The monoisotopic (exact) mass is 476 g/mol. The van der Waals surface area contributed by atoms with E-state index >= 15 is 0 Å². The van der Waals surface area contributed by atoms with Gasteiger partial charge in [-0.1, -0.05) is 49.0 Å². The molecule has 184 valence electrons. The van der Waals surface area contributed by atoms with Gasteiger partial charge < -0.3 is 9.80 Å². The van der Waals surface area contributed by atoms with E-state index in [-0.39, 0.29) is 0 Å². The van der Waals surface area contributed by atoms with Crippen molar-refractivity contribution in [2.45, 2.75) is 27.7 Å². The number of hydrogen-bond acceptors (Lipinski definition) is 2. The third kappa shape index (κ3) is 5.06. The van der Waals surface area contributed by atoms with E-state index in [1.807, 2.05) is 6.20 Å². The summed E-state index contributed by atoms with van der Waals surface area (Å²) < 4.78 is 0. The average Bonchev–Trinajstić information content (AvgIpc) is 2.93. The molecule has 0 radical (unpaired) electrons. The van der Waals surface area contributed by atoms with Crippen LogP contribution in [0.2, 0.25) is 0 Å². The van der Waals surface area contributed by atoms with E-state index in [1.165, 1.54) is 44.8 Å². The maximum Gasteiger partial charge on any atom is 0.206 e. The van der Waals surface area contributed by atoms with Gasteiger partial charge in [-0.25, -0.2) is 4.99 Å². The lowest BCUT2D eigenvalue weighted by molar-refractivity contribution is -0.450. The molecule has 1 N–H and O–H groups in total. The Balaban J connectivity index is 1.92. The summed E-state index contributed by atoms with van der Waals surface area (Å²) in [7, 11) is 0. The van der Waals surface area contributed by atoms with Crippen molar-refractivity contribution < 1.29 is 4.99 Å². The van der Waals surface area contributed by atoms with E-state index in [1.54, 1.807) is 0 Å². The van der Waals surface area contributed by atoms with Crippen molar-refractivity contribution in [3.63, 3.8) is 0 Å². The fourth-order valence-electron chi connectivity index (χ4n) is 5.00. The van der Waals surface area contributed by atoms with E-state index in [0.29, 0.717) is 0 Å². The molecule has 0 saturated carbocycles. The smallest absolute Gasteiger partial charge is 0.206 e. The first kappa shape index (κ1) is 25.2. The van der Waals surface area contributed by atoms with Crippen LogP contribution in [0.15, 0.2) is 97.7 Å². The van der Waals surface area contributed by atoms with Gasteiger partial charge in [0.15, 0.2) is 0 Å². The van der Waals surface area contributed by atoms with Crippen molar-refractivity contribution in [1.82, 2.24) is 0 Å². The first-order valence-corrected chi connectivity index (χ1v) is 13.1. The molecule has 3 aromatic carbocycles. The third-order valence-electron chi connectivity index (χ3n) is 6.89. The van der Waals surface area contributed by atoms with Crippen LogP contribution < -0.4 is 14.8 Å². The summed E-state index contributed by atoms with van der Waals surface area (Å²) in [6, 6.07) is 26.6. The van der Waals surface area contributed by atoms with Gasteiger partial charge in [0.05, 0.1) is 5.56 Å². The lowest BCUT2D eigenvalue weighted by atomic mass is 9.83. The second-order valence-electron chi connectivity index (χ2n) is 8.85. The second-order valence-corrected chi connectivity index (χ2v) is 8.85. The minimum Gasteiger partial charge on any atom is -0.372 e. The summed E-state index contributed by atoms with van der Waals surface area (Å²) in [4.78, 5) is 8.07. The average molecular weight is 477 g/mol. The van der Waals surface area contributed by atoms with Crippen LogP contribution in [0.4, 0.5) is 11.4 Å². The van der Waals surface area contributed by atoms with Gasteiger partial charge in [0.2, 0.25) is 5.71 Å². The van der Waals surface area contributed by atoms with Gasteiger partial charge in [-0.05, 0) is 98.1 Å². The highest BCUT2D eigenvalue weighted by atomic mass is 15.1. The second kappa shape index (κ2) is 11.7. The van der Waals surface area contributed by atoms with Gasteiger partial charge in [-0.2, -0.15) is 0 Å². The van der Waals surface area contributed by atoms with Gasteiger partial charge in [0, 0.05) is 37.1 Å². The summed E-state index contributed by atoms with van der Waals surface area (Å²) >= 11 is 0. The number of nitrogens with one attached hydrogen (secondary N) is 1. The number of allylic oxidation sites excluding steroid dienone is 3. The Morgan fingerprint density at radius 3 is 1.83 bits per heavy atom. The molecule has 0 atom stereocenters. The Labute approximate surface area is 216 Å². The molecule has 3 nitrogen and oxygen atoms in total. The van der Waals surface area contributed by atoms with Gasteiger partial charge in [0.1, 0.15) is 6.54 Å². The molecular formula is C33H38N3+. The first-order chi connectivity index (χ1) is 17.6. The van der Waals surface area contributed by atoms with E-state index in [0.717, 1.165) is 31.9 Å². The lowest BCUT2D eigenvalue weighted by Crippen LogP contribution is -2.72. The Morgan fingerprint density at radius 1 is 0.722 bits per heavy atom. The highest BCUT2D eigenvalue weighted by Crippen LogP contribution is 2.37. The minimum atomic E-state index is 0.892. The molecule has 36 heavy (non-hydrogen) atoms. The molecule has 0 fully saturated rings. The molecule has 1 aliphatic rings. The standard InChI is InChI=1S/C33H37N3/c1-6-34-32-24-23-31(29-13-11-12-14-30(29)32)33(25-15-19-27(20-16-25)35(7-2)8-3)26-17-21-28(22-18-26)36(9-4)10-5/h7,11-24H,2,6,8-10H2,1,3-5H3/p+1. The maximum atomic E-state index is 3.97. The molecule has 3 aromatic rings. The Kier molecular flexibility index (Phi) is 8.22. The van der Waals surface area contributed by atoms with Crippen LogP contribution in [0.3, 0.4) is 0 Å². The van der Waals surface area contributed by atoms with Crippen molar-refractivity contribution in [3.8, 4) is 0 Å². The summed E-state index contributed by atoms with van der Waals surface area (Å²) in [5.74, 6) is 0. The Bertz CT molecular complexity index is 1270. The van der Waals surface area contributed by atoms with Crippen molar-refractivity contribution in [2.75, 3.05) is 36.0 Å². The van der Waals surface area contributed by atoms with Crippen LogP contribution in [0.5, 0.6) is 0 Å². The van der Waals surface area contributed by atoms with E-state index in [4.69, 9.17) is 0 Å². The molecule has 0 heterocycles. The molecule has 1 aliphatic carbocycles. The topological polar surface area (TPSA) is 20.5 Å². The molecule has 0 amide bonds. The molecular weight excluding hydrogens is 438 g/mol. The molecule has 0 saturated heterocycles. The predicted octanol–water partition coefficient (Wildman–Crippen LogP) is 5.92. The SMILES string of the molecule is C=CN(CC)c1ccc(C(=C2C=CC(=[NH+]CC)c3ccccc32)c2ccc(N(CC)CC)cc2)cc1. The van der Waals surface area contributed by atoms with Crippen molar-refractivity contribution in [1.29, 1.82) is 0 Å². The van der Waals surface area contributed by atoms with Crippen LogP contribution in [-0.4, -0.2) is 31.9 Å². The zero-order valence-electron chi connectivity index (χ0n) is 22.1. The number of rotatable bonds is 9. The van der Waals surface area contributed by atoms with Gasteiger partial charge in [-0.15, -0.1) is 0 Å². The van der Waals surface area contributed by atoms with Crippen LogP contribution >= 0.6 is 0 Å². The van der Waals surface area contributed by atoms with E-state index in [2.05, 4.69) is 134 Å². The molecule has 4 rings (SSSR count). The van der Waals surface area contributed by atoms with Crippen LogP contribution in [-0.2, 0) is 0 Å². The Morgan fingerprint density at radius 2 is 1.31 bits per heavy atom. The summed E-state index contributed by atoms with van der Waals surface area (Å²) in [6.45, 7) is 16.4. The zero-order chi connectivity index (χ0) is 25.5. The third-order valence-corrected chi connectivity index (χ3v) is 6.89. The van der Waals surface area contributed by atoms with E-state index in [9.17, 15) is 0 Å². The Hall–Kier alpha value is -3.85. The van der Waals surface area contributed by atoms with Crippen LogP contribution in [0.25, 0.3) is 11.1 Å². The predicted molar refractivity (Wildman–Crippen MR) is 157 cm³/mol. The van der Waals surface area contributed by atoms with Crippen molar-refractivity contribution in [3.05, 3.63) is 120 Å². The molecule has 0 spiro atoms. The number of nitrogens with zero attached hydrogens (tertiary/aromatic N) is 2. The summed E-state index contributed by atoms with van der Waals surface area (Å²) in [5, 5.41) is 0. The molecule has 0 unspecified atom stereocenters. The first-order valence-electron chi connectivity index (χ1n) is 13.1. The molecule has 0 aliphatic heterocycles. The molecule has 0 aromatic heterocycles. The summed E-state index contributed by atoms with van der Waals surface area (Å²) in [5.41, 5.74) is 11.0. The fourth-order valence-corrected chi connectivity index (χ4v) is 5.00. The number of fused-ring (bicyclic) bond motifs is 1.